The minimum Gasteiger partial charge on any atom is -0.383 e. The Morgan fingerprint density at radius 3 is 2.56 bits per heavy atom. The van der Waals surface area contributed by atoms with E-state index in [9.17, 15) is 4.79 Å². The van der Waals surface area contributed by atoms with Gasteiger partial charge < -0.3 is 9.64 Å². The molecule has 1 amide bonds. The molecule has 0 radical (unpaired) electrons. The van der Waals surface area contributed by atoms with E-state index in [1.807, 2.05) is 7.05 Å². The van der Waals surface area contributed by atoms with Crippen LogP contribution < -0.4 is 0 Å². The van der Waals surface area contributed by atoms with Crippen molar-refractivity contribution < 1.29 is 9.53 Å². The lowest BCUT2D eigenvalue weighted by atomic mass is 9.87. The molecule has 1 aliphatic carbocycles. The van der Waals surface area contributed by atoms with Gasteiger partial charge in [-0.05, 0) is 12.8 Å². The van der Waals surface area contributed by atoms with Crippen molar-refractivity contribution in [3.05, 3.63) is 0 Å². The molecule has 0 saturated heterocycles. The minimum absolute atomic E-state index is 0.121. The lowest BCUT2D eigenvalue weighted by molar-refractivity contribution is -0.139. The van der Waals surface area contributed by atoms with Crippen LogP contribution in [0, 0.1) is 5.41 Å². The number of alkyl halides is 1. The predicted octanol–water partition coefficient (Wildman–Crippen LogP) is 2.28. The summed E-state index contributed by atoms with van der Waals surface area (Å²) in [7, 11) is 3.45. The Labute approximate surface area is 103 Å². The third kappa shape index (κ3) is 3.36. The maximum atomic E-state index is 12.2. The number of amides is 1. The van der Waals surface area contributed by atoms with E-state index >= 15 is 0 Å². The van der Waals surface area contributed by atoms with Crippen molar-refractivity contribution in [2.45, 2.75) is 38.0 Å². The smallest absolute Gasteiger partial charge is 0.228 e. The molecule has 0 aliphatic heterocycles. The van der Waals surface area contributed by atoms with Crippen molar-refractivity contribution in [2.75, 3.05) is 27.3 Å². The summed E-state index contributed by atoms with van der Waals surface area (Å²) < 4.78 is 4.96. The first-order valence-electron chi connectivity index (χ1n) is 5.88. The third-order valence-corrected chi connectivity index (χ3v) is 3.65. The van der Waals surface area contributed by atoms with Crippen LogP contribution in [0.1, 0.15) is 32.6 Å². The van der Waals surface area contributed by atoms with Crippen molar-refractivity contribution in [1.29, 1.82) is 0 Å². The molecule has 1 unspecified atom stereocenters. The first-order chi connectivity index (χ1) is 7.49. The third-order valence-electron chi connectivity index (χ3n) is 3.39. The predicted molar refractivity (Wildman–Crippen MR) is 65.7 cm³/mol. The number of carbonyl (C=O) groups is 1. The molecule has 3 nitrogen and oxygen atoms in total. The number of methoxy groups -OCH3 is 1. The Kier molecular flexibility index (Phi) is 5.06. The summed E-state index contributed by atoms with van der Waals surface area (Å²) in [5.74, 6) is 0.228. The largest absolute Gasteiger partial charge is 0.383 e. The highest BCUT2D eigenvalue weighted by Gasteiger charge is 2.38. The van der Waals surface area contributed by atoms with Gasteiger partial charge in [-0.2, -0.15) is 0 Å². The van der Waals surface area contributed by atoms with Crippen LogP contribution in [0.5, 0.6) is 0 Å². The molecular formula is C12H22ClNO2. The number of hydrogen-bond acceptors (Lipinski definition) is 2. The van der Waals surface area contributed by atoms with Crippen molar-refractivity contribution in [3.63, 3.8) is 0 Å². The number of ether oxygens (including phenoxy) is 1. The minimum atomic E-state index is -0.154. The second kappa shape index (κ2) is 5.87. The van der Waals surface area contributed by atoms with Gasteiger partial charge in [-0.1, -0.05) is 19.8 Å². The summed E-state index contributed by atoms with van der Waals surface area (Å²) >= 11 is 6.05. The molecule has 1 saturated carbocycles. The summed E-state index contributed by atoms with van der Waals surface area (Å²) in [6.45, 7) is 3.11. The van der Waals surface area contributed by atoms with Crippen LogP contribution in [0.15, 0.2) is 0 Å². The van der Waals surface area contributed by atoms with Gasteiger partial charge in [0.25, 0.3) is 0 Å². The molecule has 1 rings (SSSR count). The summed E-state index contributed by atoms with van der Waals surface area (Å²) in [4.78, 5) is 14.0. The fourth-order valence-corrected chi connectivity index (χ4v) is 2.78. The quantitative estimate of drug-likeness (QED) is 0.698. The molecular weight excluding hydrogens is 226 g/mol. The molecule has 0 spiro atoms. The second-order valence-corrected chi connectivity index (χ2v) is 5.62. The molecule has 0 heterocycles. The van der Waals surface area contributed by atoms with Crippen LogP contribution in [0.25, 0.3) is 0 Å². The normalized spacial score (nSPS) is 20.8. The van der Waals surface area contributed by atoms with Crippen molar-refractivity contribution >= 4 is 17.5 Å². The first-order valence-corrected chi connectivity index (χ1v) is 6.32. The average Bonchev–Trinajstić information content (AvgIpc) is 2.65. The monoisotopic (exact) mass is 247 g/mol. The fourth-order valence-electron chi connectivity index (χ4n) is 2.44. The van der Waals surface area contributed by atoms with Gasteiger partial charge in [0.2, 0.25) is 5.91 Å². The highest BCUT2D eigenvalue weighted by molar-refractivity contribution is 6.21. The standard InChI is InChI=1S/C12H22ClNO2/c1-12(6-4-5-7-12)11(15)14(2)8-10(13)9-16-3/h10H,4-9H2,1-3H3. The molecule has 94 valence electrons. The lowest BCUT2D eigenvalue weighted by Crippen LogP contribution is -2.42. The average molecular weight is 248 g/mol. The van der Waals surface area contributed by atoms with E-state index in [-0.39, 0.29) is 16.7 Å². The molecule has 1 aliphatic rings. The van der Waals surface area contributed by atoms with Gasteiger partial charge in [-0.25, -0.2) is 0 Å². The molecule has 0 aromatic heterocycles. The highest BCUT2D eigenvalue weighted by atomic mass is 35.5. The van der Waals surface area contributed by atoms with Crippen LogP contribution in [0.2, 0.25) is 0 Å². The summed E-state index contributed by atoms with van der Waals surface area (Å²) in [5, 5.41) is -0.121. The van der Waals surface area contributed by atoms with E-state index in [0.29, 0.717) is 13.2 Å². The van der Waals surface area contributed by atoms with E-state index < -0.39 is 0 Å². The zero-order chi connectivity index (χ0) is 12.2. The van der Waals surface area contributed by atoms with Gasteiger partial charge in [0, 0.05) is 26.1 Å². The molecule has 16 heavy (non-hydrogen) atoms. The van der Waals surface area contributed by atoms with Crippen molar-refractivity contribution in [2.24, 2.45) is 5.41 Å². The Balaban J connectivity index is 2.46. The molecule has 0 aromatic carbocycles. The van der Waals surface area contributed by atoms with E-state index in [0.717, 1.165) is 12.8 Å². The molecule has 0 N–H and O–H groups in total. The summed E-state index contributed by atoms with van der Waals surface area (Å²) in [5.41, 5.74) is -0.154. The van der Waals surface area contributed by atoms with Gasteiger partial charge in [0.15, 0.2) is 0 Å². The van der Waals surface area contributed by atoms with Gasteiger partial charge in [-0.15, -0.1) is 11.6 Å². The number of hydrogen-bond donors (Lipinski definition) is 0. The molecule has 1 atom stereocenters. The van der Waals surface area contributed by atoms with Crippen LogP contribution in [0.4, 0.5) is 0 Å². The van der Waals surface area contributed by atoms with E-state index in [1.54, 1.807) is 12.0 Å². The Hall–Kier alpha value is -0.280. The van der Waals surface area contributed by atoms with Crippen LogP contribution in [-0.2, 0) is 9.53 Å². The van der Waals surface area contributed by atoms with Crippen LogP contribution in [0.3, 0.4) is 0 Å². The van der Waals surface area contributed by atoms with Gasteiger partial charge in [-0.3, -0.25) is 4.79 Å². The Morgan fingerprint density at radius 1 is 1.50 bits per heavy atom. The molecule has 1 fully saturated rings. The zero-order valence-electron chi connectivity index (χ0n) is 10.5. The maximum Gasteiger partial charge on any atom is 0.228 e. The van der Waals surface area contributed by atoms with Crippen LogP contribution >= 0.6 is 11.6 Å². The van der Waals surface area contributed by atoms with E-state index in [4.69, 9.17) is 16.3 Å². The lowest BCUT2D eigenvalue weighted by Gasteiger charge is -2.30. The number of carbonyl (C=O) groups excluding carboxylic acids is 1. The molecule has 0 bridgehead atoms. The Bertz CT molecular complexity index is 239. The summed E-state index contributed by atoms with van der Waals surface area (Å²) in [6, 6.07) is 0. The Morgan fingerprint density at radius 2 is 2.06 bits per heavy atom. The number of rotatable bonds is 5. The van der Waals surface area contributed by atoms with Gasteiger partial charge in [0.1, 0.15) is 0 Å². The second-order valence-electron chi connectivity index (χ2n) is 5.01. The van der Waals surface area contributed by atoms with Gasteiger partial charge in [0.05, 0.1) is 12.0 Å². The first kappa shape index (κ1) is 13.8. The topological polar surface area (TPSA) is 29.5 Å². The number of halogens is 1. The van der Waals surface area contributed by atoms with Crippen LogP contribution in [-0.4, -0.2) is 43.5 Å². The zero-order valence-corrected chi connectivity index (χ0v) is 11.2. The molecule has 0 aromatic rings. The SMILES string of the molecule is COCC(Cl)CN(C)C(=O)C1(C)CCCC1. The molecule has 4 heteroatoms. The highest BCUT2D eigenvalue weighted by Crippen LogP contribution is 2.38. The summed E-state index contributed by atoms with van der Waals surface area (Å²) in [6.07, 6.45) is 4.34. The van der Waals surface area contributed by atoms with E-state index in [1.165, 1.54) is 12.8 Å². The van der Waals surface area contributed by atoms with Gasteiger partial charge >= 0.3 is 0 Å². The number of nitrogens with zero attached hydrogens (tertiary/aromatic N) is 1. The van der Waals surface area contributed by atoms with Crippen molar-refractivity contribution in [3.8, 4) is 0 Å². The van der Waals surface area contributed by atoms with Crippen molar-refractivity contribution in [1.82, 2.24) is 4.90 Å². The fraction of sp³-hybridized carbons (Fsp3) is 0.917. The maximum absolute atomic E-state index is 12.2. The van der Waals surface area contributed by atoms with E-state index in [2.05, 4.69) is 6.92 Å².